The van der Waals surface area contributed by atoms with Gasteiger partial charge in [-0.1, -0.05) is 22.0 Å². The van der Waals surface area contributed by atoms with E-state index < -0.39 is 10.0 Å². The normalized spacial score (nSPS) is 11.6. The van der Waals surface area contributed by atoms with E-state index in [9.17, 15) is 13.2 Å². The zero-order chi connectivity index (χ0) is 13.8. The first-order chi connectivity index (χ1) is 8.31. The Bertz CT molecular complexity index is 529. The molecule has 18 heavy (non-hydrogen) atoms. The summed E-state index contributed by atoms with van der Waals surface area (Å²) >= 11 is 3.20. The zero-order valence-electron chi connectivity index (χ0n) is 10.1. The maximum absolute atomic E-state index is 11.9. The third kappa shape index (κ3) is 4.75. The van der Waals surface area contributed by atoms with Crippen LogP contribution in [0.4, 0.5) is 0 Å². The van der Waals surface area contributed by atoms with Gasteiger partial charge >= 0.3 is 0 Å². The number of benzene rings is 1. The first-order valence-corrected chi connectivity index (χ1v) is 7.63. The van der Waals surface area contributed by atoms with Gasteiger partial charge in [0.15, 0.2) is 0 Å². The van der Waals surface area contributed by atoms with Crippen molar-refractivity contribution in [1.29, 1.82) is 0 Å². The Morgan fingerprint density at radius 3 is 2.61 bits per heavy atom. The quantitative estimate of drug-likeness (QED) is 0.850. The van der Waals surface area contributed by atoms with E-state index in [0.29, 0.717) is 4.47 Å². The molecule has 0 fully saturated rings. The highest BCUT2D eigenvalue weighted by Crippen LogP contribution is 2.15. The summed E-state index contributed by atoms with van der Waals surface area (Å²) in [7, 11) is -3.65. The molecule has 0 radical (unpaired) electrons. The SMILES string of the molecule is CC(C)NC(=O)CNS(=O)(=O)c1cccc(Br)c1. The van der Waals surface area contributed by atoms with E-state index in [4.69, 9.17) is 0 Å². The molecule has 1 aromatic rings. The second-order valence-electron chi connectivity index (χ2n) is 4.00. The van der Waals surface area contributed by atoms with E-state index in [-0.39, 0.29) is 23.4 Å². The topological polar surface area (TPSA) is 75.3 Å². The second kappa shape index (κ2) is 6.31. The Morgan fingerprint density at radius 2 is 2.06 bits per heavy atom. The average molecular weight is 335 g/mol. The molecule has 0 saturated heterocycles. The van der Waals surface area contributed by atoms with Crippen LogP contribution in [0.5, 0.6) is 0 Å². The number of amides is 1. The molecule has 100 valence electrons. The van der Waals surface area contributed by atoms with E-state index in [1.54, 1.807) is 26.0 Å². The average Bonchev–Trinajstić information content (AvgIpc) is 2.26. The molecule has 0 bridgehead atoms. The molecule has 5 nitrogen and oxygen atoms in total. The van der Waals surface area contributed by atoms with Gasteiger partial charge in [-0.05, 0) is 32.0 Å². The number of carbonyl (C=O) groups is 1. The lowest BCUT2D eigenvalue weighted by atomic mass is 10.4. The number of hydrogen-bond donors (Lipinski definition) is 2. The zero-order valence-corrected chi connectivity index (χ0v) is 12.5. The van der Waals surface area contributed by atoms with Gasteiger partial charge in [-0.15, -0.1) is 0 Å². The van der Waals surface area contributed by atoms with E-state index >= 15 is 0 Å². The van der Waals surface area contributed by atoms with Crippen molar-refractivity contribution in [3.05, 3.63) is 28.7 Å². The molecule has 0 aromatic heterocycles. The number of rotatable bonds is 5. The van der Waals surface area contributed by atoms with Crippen molar-refractivity contribution < 1.29 is 13.2 Å². The summed E-state index contributed by atoms with van der Waals surface area (Å²) in [6.07, 6.45) is 0. The lowest BCUT2D eigenvalue weighted by Gasteiger charge is -2.10. The van der Waals surface area contributed by atoms with E-state index in [1.807, 2.05) is 0 Å². The predicted molar refractivity (Wildman–Crippen MR) is 72.6 cm³/mol. The van der Waals surface area contributed by atoms with E-state index in [2.05, 4.69) is 26.0 Å². The summed E-state index contributed by atoms with van der Waals surface area (Å²) in [6.45, 7) is 3.34. The Balaban J connectivity index is 2.69. The van der Waals surface area contributed by atoms with Crippen molar-refractivity contribution in [3.63, 3.8) is 0 Å². The fourth-order valence-corrected chi connectivity index (χ4v) is 2.83. The molecule has 0 aliphatic carbocycles. The van der Waals surface area contributed by atoms with Crippen molar-refractivity contribution in [2.75, 3.05) is 6.54 Å². The summed E-state index contributed by atoms with van der Waals surface area (Å²) < 4.78 is 26.6. The Kier molecular flexibility index (Phi) is 5.30. The molecule has 0 atom stereocenters. The molecule has 0 heterocycles. The van der Waals surface area contributed by atoms with Gasteiger partial charge in [0.1, 0.15) is 0 Å². The highest BCUT2D eigenvalue weighted by Gasteiger charge is 2.15. The van der Waals surface area contributed by atoms with Crippen LogP contribution < -0.4 is 10.0 Å². The molecule has 1 aromatic carbocycles. The molecule has 0 unspecified atom stereocenters. The van der Waals surface area contributed by atoms with Gasteiger partial charge < -0.3 is 5.32 Å². The molecule has 1 rings (SSSR count). The van der Waals surface area contributed by atoms with Crippen LogP contribution in [0.3, 0.4) is 0 Å². The standard InChI is InChI=1S/C11H15BrN2O3S/c1-8(2)14-11(15)7-13-18(16,17)10-5-3-4-9(12)6-10/h3-6,8,13H,7H2,1-2H3,(H,14,15). The molecule has 7 heteroatoms. The van der Waals surface area contributed by atoms with Gasteiger partial charge in [0.25, 0.3) is 0 Å². The van der Waals surface area contributed by atoms with Gasteiger partial charge in [0.2, 0.25) is 15.9 Å². The van der Waals surface area contributed by atoms with Crippen molar-refractivity contribution in [2.24, 2.45) is 0 Å². The van der Waals surface area contributed by atoms with Crippen LogP contribution >= 0.6 is 15.9 Å². The van der Waals surface area contributed by atoms with Crippen LogP contribution in [-0.2, 0) is 14.8 Å². The largest absolute Gasteiger partial charge is 0.353 e. The third-order valence-electron chi connectivity index (χ3n) is 1.98. The fourth-order valence-electron chi connectivity index (χ4n) is 1.25. The monoisotopic (exact) mass is 334 g/mol. The number of carbonyl (C=O) groups excluding carboxylic acids is 1. The lowest BCUT2D eigenvalue weighted by Crippen LogP contribution is -2.39. The maximum Gasteiger partial charge on any atom is 0.241 e. The van der Waals surface area contributed by atoms with Gasteiger partial charge in [-0.3, -0.25) is 4.79 Å². The van der Waals surface area contributed by atoms with Crippen LogP contribution in [0.25, 0.3) is 0 Å². The van der Waals surface area contributed by atoms with Gasteiger partial charge in [0.05, 0.1) is 11.4 Å². The van der Waals surface area contributed by atoms with Crippen LogP contribution in [0, 0.1) is 0 Å². The second-order valence-corrected chi connectivity index (χ2v) is 6.69. The highest BCUT2D eigenvalue weighted by atomic mass is 79.9. The fraction of sp³-hybridized carbons (Fsp3) is 0.364. The molecule has 0 aliphatic heterocycles. The molecular weight excluding hydrogens is 320 g/mol. The van der Waals surface area contributed by atoms with Crippen LogP contribution in [0.2, 0.25) is 0 Å². The van der Waals surface area contributed by atoms with Gasteiger partial charge in [0, 0.05) is 10.5 Å². The highest BCUT2D eigenvalue weighted by molar-refractivity contribution is 9.10. The van der Waals surface area contributed by atoms with Crippen molar-refractivity contribution in [2.45, 2.75) is 24.8 Å². The van der Waals surface area contributed by atoms with E-state index in [0.717, 1.165) is 0 Å². The number of sulfonamides is 1. The first kappa shape index (κ1) is 15.1. The van der Waals surface area contributed by atoms with E-state index in [1.165, 1.54) is 12.1 Å². The molecule has 1 amide bonds. The Hall–Kier alpha value is -0.920. The Labute approximate surface area is 115 Å². The molecule has 0 aliphatic rings. The number of hydrogen-bond acceptors (Lipinski definition) is 3. The van der Waals surface area contributed by atoms with Crippen LogP contribution in [-0.4, -0.2) is 26.9 Å². The summed E-state index contributed by atoms with van der Waals surface area (Å²) in [5.74, 6) is -0.358. The van der Waals surface area contributed by atoms with Crippen molar-refractivity contribution >= 4 is 31.9 Å². The summed E-state index contributed by atoms with van der Waals surface area (Å²) in [6, 6.07) is 6.26. The maximum atomic E-state index is 11.9. The summed E-state index contributed by atoms with van der Waals surface area (Å²) in [5.41, 5.74) is 0. The summed E-state index contributed by atoms with van der Waals surface area (Å²) in [4.78, 5) is 11.5. The molecule has 2 N–H and O–H groups in total. The minimum Gasteiger partial charge on any atom is -0.353 e. The Morgan fingerprint density at radius 1 is 1.39 bits per heavy atom. The van der Waals surface area contributed by atoms with Crippen molar-refractivity contribution in [1.82, 2.24) is 10.0 Å². The molecule has 0 spiro atoms. The van der Waals surface area contributed by atoms with Crippen LogP contribution in [0.1, 0.15) is 13.8 Å². The lowest BCUT2D eigenvalue weighted by molar-refractivity contribution is -0.120. The minimum absolute atomic E-state index is 0.0205. The van der Waals surface area contributed by atoms with Crippen LogP contribution in [0.15, 0.2) is 33.6 Å². The molecular formula is C11H15BrN2O3S. The van der Waals surface area contributed by atoms with Crippen molar-refractivity contribution in [3.8, 4) is 0 Å². The molecule has 0 saturated carbocycles. The smallest absolute Gasteiger partial charge is 0.241 e. The predicted octanol–water partition coefficient (Wildman–Crippen LogP) is 1.25. The number of halogens is 1. The third-order valence-corrected chi connectivity index (χ3v) is 3.87. The van der Waals surface area contributed by atoms with Gasteiger partial charge in [-0.25, -0.2) is 13.1 Å². The first-order valence-electron chi connectivity index (χ1n) is 5.36. The number of nitrogens with one attached hydrogen (secondary N) is 2. The van der Waals surface area contributed by atoms with Gasteiger partial charge in [-0.2, -0.15) is 0 Å². The minimum atomic E-state index is -3.65. The summed E-state index contributed by atoms with van der Waals surface area (Å²) in [5, 5.41) is 2.60.